The van der Waals surface area contributed by atoms with Crippen molar-refractivity contribution in [2.75, 3.05) is 25.2 Å². The molecule has 0 radical (unpaired) electrons. The number of esters is 1. The Balaban J connectivity index is 1.68. The number of carbonyl (C=O) groups is 2. The predicted octanol–water partition coefficient (Wildman–Crippen LogP) is 1.78. The van der Waals surface area contributed by atoms with Gasteiger partial charge in [-0.3, -0.25) is 4.79 Å². The van der Waals surface area contributed by atoms with E-state index in [-0.39, 0.29) is 10.8 Å². The number of nitrogens with two attached hydrogens (primary N) is 1. The van der Waals surface area contributed by atoms with Crippen molar-refractivity contribution in [1.29, 1.82) is 0 Å². The number of sulfonamides is 1. The van der Waals surface area contributed by atoms with E-state index in [1.54, 1.807) is 11.0 Å². The lowest BCUT2D eigenvalue weighted by molar-refractivity contribution is -0.134. The molecule has 1 aliphatic rings. The largest absolute Gasteiger partial charge is 0.466 e. The van der Waals surface area contributed by atoms with Crippen LogP contribution in [0.1, 0.15) is 13.3 Å². The Morgan fingerprint density at radius 3 is 2.87 bits per heavy atom. The van der Waals surface area contributed by atoms with Crippen molar-refractivity contribution in [3.63, 3.8) is 0 Å². The molecule has 1 aliphatic heterocycles. The fraction of sp³-hybridized carbons (Fsp3) is 0.389. The Labute approximate surface area is 183 Å². The number of ether oxygens (including phenoxy) is 1. The molecule has 1 fully saturated rings. The second-order valence-corrected chi connectivity index (χ2v) is 10.00. The van der Waals surface area contributed by atoms with Crippen LogP contribution in [0.25, 0.3) is 11.0 Å². The molecule has 0 aliphatic carbocycles. The molecule has 0 bridgehead atoms. The van der Waals surface area contributed by atoms with Crippen molar-refractivity contribution in [3.8, 4) is 0 Å². The number of hydrogen-bond acceptors (Lipinski definition) is 8. The number of aromatic nitrogens is 2. The third kappa shape index (κ3) is 4.99. The van der Waals surface area contributed by atoms with Crippen LogP contribution in [-0.4, -0.2) is 59.9 Å². The zero-order valence-electron chi connectivity index (χ0n) is 16.5. The minimum Gasteiger partial charge on any atom is -0.466 e. The molecule has 1 amide bonds. The van der Waals surface area contributed by atoms with Crippen molar-refractivity contribution >= 4 is 56.5 Å². The number of fused-ring (bicyclic) bond motifs is 1. The van der Waals surface area contributed by atoms with Gasteiger partial charge in [0.15, 0.2) is 5.16 Å². The van der Waals surface area contributed by atoms with Crippen molar-refractivity contribution in [3.05, 3.63) is 29.3 Å². The maximum absolute atomic E-state index is 12.1. The number of aryl methyl sites for hydroxylation is 1. The summed E-state index contributed by atoms with van der Waals surface area (Å²) >= 11 is 2.85. The molecule has 162 valence electrons. The molecule has 0 spiro atoms. The Kier molecular flexibility index (Phi) is 7.11. The van der Waals surface area contributed by atoms with Gasteiger partial charge in [0.1, 0.15) is 0 Å². The van der Waals surface area contributed by atoms with Crippen LogP contribution < -0.4 is 5.14 Å². The summed E-state index contributed by atoms with van der Waals surface area (Å²) in [6, 6.07) is 4.66. The number of primary sulfonamides is 1. The minimum atomic E-state index is -3.79. The average Bonchev–Trinajstić information content (AvgIpc) is 3.23. The van der Waals surface area contributed by atoms with Gasteiger partial charge in [-0.05, 0) is 31.5 Å². The Morgan fingerprint density at radius 1 is 1.43 bits per heavy atom. The quantitative estimate of drug-likeness (QED) is 0.268. The van der Waals surface area contributed by atoms with Crippen LogP contribution in [0.2, 0.25) is 0 Å². The molecule has 3 rings (SSSR count). The van der Waals surface area contributed by atoms with Crippen molar-refractivity contribution in [1.82, 2.24) is 14.5 Å². The molecule has 30 heavy (non-hydrogen) atoms. The topological polar surface area (TPSA) is 125 Å². The molecule has 2 N–H and O–H groups in total. The van der Waals surface area contributed by atoms with Crippen molar-refractivity contribution in [2.45, 2.75) is 29.9 Å². The molecular formula is C18H22N4O5S3. The number of thioether (sulfide) groups is 2. The third-order valence-electron chi connectivity index (χ3n) is 4.44. The van der Waals surface area contributed by atoms with Gasteiger partial charge < -0.3 is 14.2 Å². The van der Waals surface area contributed by atoms with E-state index in [2.05, 4.69) is 9.72 Å². The van der Waals surface area contributed by atoms with E-state index in [9.17, 15) is 18.0 Å². The Morgan fingerprint density at radius 2 is 2.20 bits per heavy atom. The average molecular weight is 471 g/mol. The summed E-state index contributed by atoms with van der Waals surface area (Å²) in [5.41, 5.74) is 1.40. The van der Waals surface area contributed by atoms with Crippen LogP contribution in [0.5, 0.6) is 0 Å². The first-order valence-electron chi connectivity index (χ1n) is 9.13. The molecule has 0 unspecified atom stereocenters. The lowest BCUT2D eigenvalue weighted by atomic mass is 10.3. The molecule has 12 heteroatoms. The predicted molar refractivity (Wildman–Crippen MR) is 116 cm³/mol. The van der Waals surface area contributed by atoms with Crippen LogP contribution >= 0.6 is 23.5 Å². The van der Waals surface area contributed by atoms with E-state index in [1.165, 1.54) is 48.8 Å². The van der Waals surface area contributed by atoms with E-state index in [1.807, 2.05) is 11.5 Å². The monoisotopic (exact) mass is 470 g/mol. The molecular weight excluding hydrogens is 448 g/mol. The summed E-state index contributed by atoms with van der Waals surface area (Å²) in [6.45, 7) is 3.16. The van der Waals surface area contributed by atoms with Crippen molar-refractivity contribution in [2.24, 2.45) is 5.14 Å². The van der Waals surface area contributed by atoms with Crippen LogP contribution in [0.15, 0.2) is 39.4 Å². The summed E-state index contributed by atoms with van der Waals surface area (Å²) in [5.74, 6) is 0.498. The number of nitrogens with zero attached hydrogens (tertiary/aromatic N) is 3. The first-order chi connectivity index (χ1) is 14.2. The molecule has 2 aromatic rings. The smallest absolute Gasteiger partial charge is 0.333 e. The van der Waals surface area contributed by atoms with Gasteiger partial charge >= 0.3 is 5.97 Å². The summed E-state index contributed by atoms with van der Waals surface area (Å²) in [4.78, 5) is 29.7. The van der Waals surface area contributed by atoms with E-state index < -0.39 is 16.0 Å². The first-order valence-corrected chi connectivity index (χ1v) is 12.6. The summed E-state index contributed by atoms with van der Waals surface area (Å²) in [5, 5.41) is 6.58. The summed E-state index contributed by atoms with van der Waals surface area (Å²) < 4.78 is 29.8. The van der Waals surface area contributed by atoms with Crippen LogP contribution in [0.3, 0.4) is 0 Å². The molecule has 1 aromatic carbocycles. The number of benzene rings is 1. The highest BCUT2D eigenvalue weighted by atomic mass is 32.2. The molecule has 1 aromatic heterocycles. The normalized spacial score (nSPS) is 16.0. The lowest BCUT2D eigenvalue weighted by Gasteiger charge is -2.16. The maximum atomic E-state index is 12.1. The number of amides is 1. The highest BCUT2D eigenvalue weighted by molar-refractivity contribution is 8.04. The fourth-order valence-corrected chi connectivity index (χ4v) is 5.49. The zero-order valence-corrected chi connectivity index (χ0v) is 19.0. The highest BCUT2D eigenvalue weighted by Crippen LogP contribution is 2.30. The Bertz CT molecular complexity index is 1110. The Hall–Kier alpha value is -2.02. The number of imidazole rings is 1. The molecule has 2 heterocycles. The number of methoxy groups -OCH3 is 1. The van der Waals surface area contributed by atoms with Gasteiger partial charge in [0.25, 0.3) is 0 Å². The lowest BCUT2D eigenvalue weighted by Crippen LogP contribution is -2.26. The summed E-state index contributed by atoms with van der Waals surface area (Å²) in [7, 11) is -2.49. The second kappa shape index (κ2) is 9.41. The zero-order chi connectivity index (χ0) is 21.9. The molecule has 1 saturated heterocycles. The molecule has 0 saturated carbocycles. The first kappa shape index (κ1) is 22.7. The SMILES string of the molecule is CCn1c(SCCCN2C(=O)CS/C2=C\C(=O)OC)nc2cc(S(N)(=O)=O)ccc21. The van der Waals surface area contributed by atoms with E-state index in [4.69, 9.17) is 5.14 Å². The van der Waals surface area contributed by atoms with Gasteiger partial charge in [0.05, 0.1) is 39.9 Å². The maximum Gasteiger partial charge on any atom is 0.333 e. The molecule has 0 atom stereocenters. The van der Waals surface area contributed by atoms with Gasteiger partial charge in [-0.2, -0.15) is 0 Å². The van der Waals surface area contributed by atoms with Gasteiger partial charge in [-0.15, -0.1) is 0 Å². The summed E-state index contributed by atoms with van der Waals surface area (Å²) in [6.07, 6.45) is 2.03. The molecule has 9 nitrogen and oxygen atoms in total. The second-order valence-electron chi connectivity index (χ2n) is 6.38. The van der Waals surface area contributed by atoms with Gasteiger partial charge in [0, 0.05) is 18.8 Å². The van der Waals surface area contributed by atoms with Crippen LogP contribution in [0.4, 0.5) is 0 Å². The third-order valence-corrected chi connectivity index (χ3v) is 7.44. The van der Waals surface area contributed by atoms with Gasteiger partial charge in [-0.25, -0.2) is 23.3 Å². The van der Waals surface area contributed by atoms with E-state index in [0.29, 0.717) is 41.6 Å². The van der Waals surface area contributed by atoms with E-state index in [0.717, 1.165) is 10.7 Å². The van der Waals surface area contributed by atoms with Gasteiger partial charge in [-0.1, -0.05) is 23.5 Å². The highest BCUT2D eigenvalue weighted by Gasteiger charge is 2.27. The minimum absolute atomic E-state index is 0.0299. The van der Waals surface area contributed by atoms with Crippen molar-refractivity contribution < 1.29 is 22.7 Å². The van der Waals surface area contributed by atoms with Gasteiger partial charge in [0.2, 0.25) is 15.9 Å². The number of hydrogen-bond donors (Lipinski definition) is 1. The number of rotatable bonds is 8. The van der Waals surface area contributed by atoms with E-state index >= 15 is 0 Å². The standard InChI is InChI=1S/C18H22N4O5S3/c1-3-21-14-6-5-12(30(19,25)26)9-13(14)20-18(21)28-8-4-7-22-15(23)11-29-16(22)10-17(24)27-2/h5-6,9-10H,3-4,7-8,11H2,1-2H3,(H2,19,25,26)/b16-10-. The van der Waals surface area contributed by atoms with Crippen LogP contribution in [-0.2, 0) is 30.9 Å². The fourth-order valence-electron chi connectivity index (χ4n) is 3.00. The number of carbonyl (C=O) groups excluding carboxylic acids is 2. The van der Waals surface area contributed by atoms with Crippen LogP contribution in [0, 0.1) is 0 Å².